The minimum Gasteiger partial charge on any atom is -0.494 e. The van der Waals surface area contributed by atoms with Gasteiger partial charge in [0, 0.05) is 12.1 Å². The van der Waals surface area contributed by atoms with Gasteiger partial charge in [0.2, 0.25) is 0 Å². The molecule has 0 saturated carbocycles. The van der Waals surface area contributed by atoms with Gasteiger partial charge in [-0.15, -0.1) is 0 Å². The average Bonchev–Trinajstić information content (AvgIpc) is 2.76. The van der Waals surface area contributed by atoms with E-state index in [0.29, 0.717) is 18.7 Å². The Kier molecular flexibility index (Phi) is 3.76. The van der Waals surface area contributed by atoms with Gasteiger partial charge in [-0.25, -0.2) is 0 Å². The summed E-state index contributed by atoms with van der Waals surface area (Å²) in [5, 5.41) is 14.2. The molecule has 0 spiro atoms. The fourth-order valence-electron chi connectivity index (χ4n) is 3.54. The molecule has 2 aliphatic rings. The third-order valence-corrected chi connectivity index (χ3v) is 4.39. The molecule has 0 radical (unpaired) electrons. The topological polar surface area (TPSA) is 41.5 Å². The maximum Gasteiger partial charge on any atom is 0.119 e. The number of benzene rings is 1. The highest BCUT2D eigenvalue weighted by atomic mass is 16.5. The SMILES string of the molecule is OC1(CCCOc2ccccc2)CC2CCC(C1)N2. The lowest BCUT2D eigenvalue weighted by molar-refractivity contribution is -0.0178. The second kappa shape index (κ2) is 5.51. The van der Waals surface area contributed by atoms with E-state index in [4.69, 9.17) is 4.74 Å². The van der Waals surface area contributed by atoms with Crippen LogP contribution < -0.4 is 10.1 Å². The van der Waals surface area contributed by atoms with E-state index in [1.54, 1.807) is 0 Å². The Hall–Kier alpha value is -1.06. The number of ether oxygens (including phenoxy) is 1. The van der Waals surface area contributed by atoms with Gasteiger partial charge in [-0.3, -0.25) is 0 Å². The maximum atomic E-state index is 10.7. The number of aliphatic hydroxyl groups is 1. The van der Waals surface area contributed by atoms with Crippen LogP contribution in [0.4, 0.5) is 0 Å². The van der Waals surface area contributed by atoms with Crippen molar-refractivity contribution < 1.29 is 9.84 Å². The summed E-state index contributed by atoms with van der Waals surface area (Å²) in [5.74, 6) is 0.917. The minimum absolute atomic E-state index is 0.461. The lowest BCUT2D eigenvalue weighted by Gasteiger charge is -2.37. The summed E-state index contributed by atoms with van der Waals surface area (Å²) < 4.78 is 5.68. The van der Waals surface area contributed by atoms with Crippen molar-refractivity contribution in [2.45, 2.75) is 56.2 Å². The molecule has 2 N–H and O–H groups in total. The molecule has 2 atom stereocenters. The molecule has 2 heterocycles. The lowest BCUT2D eigenvalue weighted by Crippen LogP contribution is -2.48. The highest BCUT2D eigenvalue weighted by Gasteiger charge is 2.41. The van der Waals surface area contributed by atoms with Gasteiger partial charge >= 0.3 is 0 Å². The number of hydrogen-bond acceptors (Lipinski definition) is 3. The zero-order chi connectivity index (χ0) is 13.1. The van der Waals surface area contributed by atoms with Crippen LogP contribution >= 0.6 is 0 Å². The van der Waals surface area contributed by atoms with Crippen LogP contribution in [0.5, 0.6) is 5.75 Å². The number of hydrogen-bond donors (Lipinski definition) is 2. The summed E-state index contributed by atoms with van der Waals surface area (Å²) in [6, 6.07) is 11.0. The number of fused-ring (bicyclic) bond motifs is 2. The molecular formula is C16H23NO2. The first kappa shape index (κ1) is 12.9. The molecule has 2 fully saturated rings. The van der Waals surface area contributed by atoms with Crippen LogP contribution in [-0.2, 0) is 0 Å². The fraction of sp³-hybridized carbons (Fsp3) is 0.625. The molecule has 1 aromatic carbocycles. The van der Waals surface area contributed by atoms with Gasteiger partial charge in [-0.1, -0.05) is 18.2 Å². The molecule has 2 bridgehead atoms. The smallest absolute Gasteiger partial charge is 0.119 e. The summed E-state index contributed by atoms with van der Waals surface area (Å²) in [5.41, 5.74) is -0.461. The van der Waals surface area contributed by atoms with Crippen LogP contribution in [0.25, 0.3) is 0 Å². The number of nitrogens with one attached hydrogen (secondary N) is 1. The van der Waals surface area contributed by atoms with Crippen LogP contribution in [-0.4, -0.2) is 29.4 Å². The van der Waals surface area contributed by atoms with E-state index in [-0.39, 0.29) is 0 Å². The Morgan fingerprint density at radius 3 is 2.53 bits per heavy atom. The molecule has 3 heteroatoms. The quantitative estimate of drug-likeness (QED) is 0.800. The number of rotatable bonds is 5. The average molecular weight is 261 g/mol. The molecule has 19 heavy (non-hydrogen) atoms. The second-order valence-corrected chi connectivity index (χ2v) is 6.04. The molecule has 1 aromatic rings. The molecule has 2 aliphatic heterocycles. The maximum absolute atomic E-state index is 10.7. The van der Waals surface area contributed by atoms with Gasteiger partial charge in [0.25, 0.3) is 0 Å². The summed E-state index contributed by atoms with van der Waals surface area (Å²) in [7, 11) is 0. The van der Waals surface area contributed by atoms with E-state index in [2.05, 4.69) is 5.32 Å². The highest BCUT2D eigenvalue weighted by Crippen LogP contribution is 2.36. The molecule has 104 valence electrons. The second-order valence-electron chi connectivity index (χ2n) is 6.04. The highest BCUT2D eigenvalue weighted by molar-refractivity contribution is 5.20. The van der Waals surface area contributed by atoms with Crippen molar-refractivity contribution in [3.63, 3.8) is 0 Å². The lowest BCUT2D eigenvalue weighted by atomic mass is 9.84. The Bertz CT molecular complexity index is 394. The van der Waals surface area contributed by atoms with Crippen molar-refractivity contribution in [2.24, 2.45) is 0 Å². The van der Waals surface area contributed by atoms with Crippen LogP contribution in [0.3, 0.4) is 0 Å². The van der Waals surface area contributed by atoms with Gasteiger partial charge < -0.3 is 15.2 Å². The van der Waals surface area contributed by atoms with Gasteiger partial charge in [0.1, 0.15) is 5.75 Å². The van der Waals surface area contributed by atoms with Crippen LogP contribution in [0.1, 0.15) is 38.5 Å². The third-order valence-electron chi connectivity index (χ3n) is 4.39. The van der Waals surface area contributed by atoms with E-state index < -0.39 is 5.60 Å². The molecule has 0 aromatic heterocycles. The van der Waals surface area contributed by atoms with Crippen molar-refractivity contribution in [3.8, 4) is 5.75 Å². The van der Waals surface area contributed by atoms with Crippen LogP contribution in [0.15, 0.2) is 30.3 Å². The summed E-state index contributed by atoms with van der Waals surface area (Å²) in [6.07, 6.45) is 6.06. The first-order valence-corrected chi connectivity index (χ1v) is 7.40. The molecule has 2 saturated heterocycles. The van der Waals surface area contributed by atoms with Gasteiger partial charge in [-0.05, 0) is 50.7 Å². The largest absolute Gasteiger partial charge is 0.494 e. The monoisotopic (exact) mass is 261 g/mol. The Balaban J connectivity index is 1.42. The first-order chi connectivity index (χ1) is 9.23. The predicted octanol–water partition coefficient (Wildman–Crippen LogP) is 2.49. The van der Waals surface area contributed by atoms with Crippen molar-refractivity contribution >= 4 is 0 Å². The van der Waals surface area contributed by atoms with E-state index >= 15 is 0 Å². The first-order valence-electron chi connectivity index (χ1n) is 7.40. The molecule has 0 amide bonds. The van der Waals surface area contributed by atoms with E-state index in [1.807, 2.05) is 30.3 Å². The van der Waals surface area contributed by atoms with E-state index in [9.17, 15) is 5.11 Å². The Labute approximate surface area is 115 Å². The van der Waals surface area contributed by atoms with Gasteiger partial charge in [-0.2, -0.15) is 0 Å². The van der Waals surface area contributed by atoms with Crippen molar-refractivity contribution in [3.05, 3.63) is 30.3 Å². The standard InChI is InChI=1S/C16H23NO2/c18-16(11-13-7-8-14(12-16)17-13)9-4-10-19-15-5-2-1-3-6-15/h1-3,5-6,13-14,17-18H,4,7-12H2. The predicted molar refractivity (Wildman–Crippen MR) is 75.3 cm³/mol. The van der Waals surface area contributed by atoms with Crippen LogP contribution in [0, 0.1) is 0 Å². The molecule has 0 aliphatic carbocycles. The van der Waals surface area contributed by atoms with Gasteiger partial charge in [0.05, 0.1) is 12.2 Å². The zero-order valence-electron chi connectivity index (χ0n) is 11.3. The number of para-hydroxylation sites is 1. The van der Waals surface area contributed by atoms with Crippen molar-refractivity contribution in [2.75, 3.05) is 6.61 Å². The number of piperidine rings is 1. The molecular weight excluding hydrogens is 238 g/mol. The fourth-order valence-corrected chi connectivity index (χ4v) is 3.54. The third kappa shape index (κ3) is 3.28. The Morgan fingerprint density at radius 1 is 1.16 bits per heavy atom. The van der Waals surface area contributed by atoms with E-state index in [1.165, 1.54) is 12.8 Å². The molecule has 2 unspecified atom stereocenters. The molecule has 3 nitrogen and oxygen atoms in total. The molecule has 3 rings (SSSR count). The summed E-state index contributed by atoms with van der Waals surface area (Å²) in [4.78, 5) is 0. The van der Waals surface area contributed by atoms with Gasteiger partial charge in [0.15, 0.2) is 0 Å². The summed E-state index contributed by atoms with van der Waals surface area (Å²) in [6.45, 7) is 0.690. The zero-order valence-corrected chi connectivity index (χ0v) is 11.3. The van der Waals surface area contributed by atoms with Crippen LogP contribution in [0.2, 0.25) is 0 Å². The van der Waals surface area contributed by atoms with Crippen molar-refractivity contribution in [1.82, 2.24) is 5.32 Å². The van der Waals surface area contributed by atoms with E-state index in [0.717, 1.165) is 31.4 Å². The minimum atomic E-state index is -0.461. The normalized spacial score (nSPS) is 33.3. The van der Waals surface area contributed by atoms with Crippen molar-refractivity contribution in [1.29, 1.82) is 0 Å². The Morgan fingerprint density at radius 2 is 1.84 bits per heavy atom. The summed E-state index contributed by atoms with van der Waals surface area (Å²) >= 11 is 0.